The van der Waals surface area contributed by atoms with Crippen LogP contribution in [0.2, 0.25) is 0 Å². The fourth-order valence-electron chi connectivity index (χ4n) is 2.65. The van der Waals surface area contributed by atoms with Crippen LogP contribution in [0.15, 0.2) is 9.95 Å². The second kappa shape index (κ2) is 6.27. The minimum atomic E-state index is -0.901. The molecule has 1 saturated carbocycles. The number of carboxylic acids is 1. The van der Waals surface area contributed by atoms with Gasteiger partial charge in [0.2, 0.25) is 0 Å². The molecule has 2 rings (SSSR count). The molecule has 1 heterocycles. The zero-order chi connectivity index (χ0) is 13.8. The van der Waals surface area contributed by atoms with Gasteiger partial charge in [0.25, 0.3) is 0 Å². The summed E-state index contributed by atoms with van der Waals surface area (Å²) >= 11 is 1.10. The molecule has 1 aliphatic carbocycles. The molecule has 1 aromatic heterocycles. The van der Waals surface area contributed by atoms with Crippen molar-refractivity contribution >= 4 is 17.7 Å². The predicted molar refractivity (Wildman–Crippen MR) is 72.5 cm³/mol. The molecule has 0 unspecified atom stereocenters. The number of H-pyrrole nitrogens is 1. The molecule has 106 valence electrons. The van der Waals surface area contributed by atoms with Gasteiger partial charge in [-0.2, -0.15) is 0 Å². The Morgan fingerprint density at radius 1 is 1.47 bits per heavy atom. The van der Waals surface area contributed by atoms with E-state index in [1.165, 1.54) is 6.42 Å². The van der Waals surface area contributed by atoms with Gasteiger partial charge in [0.15, 0.2) is 5.16 Å². The van der Waals surface area contributed by atoms with Crippen molar-refractivity contribution < 1.29 is 9.90 Å². The van der Waals surface area contributed by atoms with Crippen LogP contribution in [0.3, 0.4) is 0 Å². The molecule has 0 saturated heterocycles. The minimum absolute atomic E-state index is 0.0748. The Balaban J connectivity index is 2.09. The molecule has 0 aliphatic heterocycles. The van der Waals surface area contributed by atoms with Crippen LogP contribution in [0.4, 0.5) is 0 Å². The average molecular weight is 285 g/mol. The number of aromatic amines is 1. The summed E-state index contributed by atoms with van der Waals surface area (Å²) in [6.07, 6.45) is 5.38. The predicted octanol–water partition coefficient (Wildman–Crippen LogP) is 1.89. The molecule has 6 nitrogen and oxygen atoms in total. The molecule has 0 radical (unpaired) electrons. The monoisotopic (exact) mass is 285 g/mol. The van der Waals surface area contributed by atoms with Crippen LogP contribution in [-0.4, -0.2) is 31.6 Å². The summed E-state index contributed by atoms with van der Waals surface area (Å²) in [7, 11) is 0. The average Bonchev–Trinajstić information content (AvgIpc) is 2.78. The Kier molecular flexibility index (Phi) is 4.68. The smallest absolute Gasteiger partial charge is 0.344 e. The second-order valence-electron chi connectivity index (χ2n) is 4.95. The SMILES string of the molecule is CCC1CCC(n2c(SCC(=O)O)n[nH]c2=O)CC1. The lowest BCUT2D eigenvalue weighted by molar-refractivity contribution is -0.133. The highest BCUT2D eigenvalue weighted by molar-refractivity contribution is 7.99. The van der Waals surface area contributed by atoms with Crippen molar-refractivity contribution in [2.75, 3.05) is 5.75 Å². The number of thioether (sulfide) groups is 1. The van der Waals surface area contributed by atoms with Crippen LogP contribution in [0.25, 0.3) is 0 Å². The third kappa shape index (κ3) is 3.40. The maximum absolute atomic E-state index is 11.8. The fourth-order valence-corrected chi connectivity index (χ4v) is 3.39. The Morgan fingerprint density at radius 2 is 2.16 bits per heavy atom. The van der Waals surface area contributed by atoms with Gasteiger partial charge < -0.3 is 5.11 Å². The van der Waals surface area contributed by atoms with Gasteiger partial charge in [-0.05, 0) is 31.6 Å². The molecule has 0 bridgehead atoms. The molecular formula is C12H19N3O3S. The van der Waals surface area contributed by atoms with Crippen molar-refractivity contribution in [3.05, 3.63) is 10.5 Å². The first kappa shape index (κ1) is 14.2. The van der Waals surface area contributed by atoms with Gasteiger partial charge in [-0.25, -0.2) is 9.89 Å². The van der Waals surface area contributed by atoms with Gasteiger partial charge in [-0.1, -0.05) is 25.1 Å². The van der Waals surface area contributed by atoms with Crippen LogP contribution in [0.5, 0.6) is 0 Å². The highest BCUT2D eigenvalue weighted by atomic mass is 32.2. The van der Waals surface area contributed by atoms with E-state index in [0.29, 0.717) is 5.16 Å². The molecule has 1 fully saturated rings. The van der Waals surface area contributed by atoms with Crippen molar-refractivity contribution in [3.63, 3.8) is 0 Å². The number of aromatic nitrogens is 3. The molecule has 1 aliphatic rings. The standard InChI is InChI=1S/C12H19N3O3S/c1-2-8-3-5-9(6-4-8)15-11(18)13-14-12(15)19-7-10(16)17/h8-9H,2-7H2,1H3,(H,13,18)(H,16,17). The van der Waals surface area contributed by atoms with E-state index < -0.39 is 5.97 Å². The summed E-state index contributed by atoms with van der Waals surface area (Å²) < 4.78 is 1.64. The first-order chi connectivity index (χ1) is 9.11. The summed E-state index contributed by atoms with van der Waals surface area (Å²) in [6, 6.07) is 0.158. The summed E-state index contributed by atoms with van der Waals surface area (Å²) in [4.78, 5) is 22.4. The van der Waals surface area contributed by atoms with Gasteiger partial charge in [-0.3, -0.25) is 9.36 Å². The Hall–Kier alpha value is -1.24. The number of nitrogens with zero attached hydrogens (tertiary/aromatic N) is 2. The van der Waals surface area contributed by atoms with Crippen LogP contribution in [0.1, 0.15) is 45.1 Å². The van der Waals surface area contributed by atoms with Crippen LogP contribution in [-0.2, 0) is 4.79 Å². The molecule has 0 atom stereocenters. The van der Waals surface area contributed by atoms with Crippen LogP contribution >= 0.6 is 11.8 Å². The van der Waals surface area contributed by atoms with Gasteiger partial charge in [0.05, 0.1) is 5.75 Å². The molecular weight excluding hydrogens is 266 g/mol. The number of carbonyl (C=O) groups is 1. The Bertz CT molecular complexity index is 489. The summed E-state index contributed by atoms with van der Waals surface area (Å²) in [5.41, 5.74) is -0.229. The van der Waals surface area contributed by atoms with Crippen molar-refractivity contribution in [2.24, 2.45) is 5.92 Å². The fraction of sp³-hybridized carbons (Fsp3) is 0.750. The van der Waals surface area contributed by atoms with Gasteiger partial charge >= 0.3 is 11.7 Å². The van der Waals surface area contributed by atoms with Crippen LogP contribution in [0, 0.1) is 5.92 Å². The minimum Gasteiger partial charge on any atom is -0.481 e. The molecule has 0 amide bonds. The summed E-state index contributed by atoms with van der Waals surface area (Å²) in [5.74, 6) is -0.218. The third-order valence-corrected chi connectivity index (χ3v) is 4.69. The first-order valence-electron chi connectivity index (χ1n) is 6.63. The lowest BCUT2D eigenvalue weighted by Crippen LogP contribution is -2.26. The van der Waals surface area contributed by atoms with E-state index in [0.717, 1.165) is 43.4 Å². The summed E-state index contributed by atoms with van der Waals surface area (Å²) in [6.45, 7) is 2.20. The van der Waals surface area contributed by atoms with E-state index in [2.05, 4.69) is 17.1 Å². The molecule has 19 heavy (non-hydrogen) atoms. The van der Waals surface area contributed by atoms with Crippen molar-refractivity contribution in [1.82, 2.24) is 14.8 Å². The molecule has 1 aromatic rings. The number of aliphatic carboxylic acids is 1. The molecule has 0 aromatic carbocycles. The highest BCUT2D eigenvalue weighted by Gasteiger charge is 2.25. The van der Waals surface area contributed by atoms with E-state index in [1.54, 1.807) is 4.57 Å². The van der Waals surface area contributed by atoms with E-state index in [4.69, 9.17) is 5.11 Å². The quantitative estimate of drug-likeness (QED) is 0.807. The third-order valence-electron chi connectivity index (χ3n) is 3.76. The first-order valence-corrected chi connectivity index (χ1v) is 7.61. The zero-order valence-corrected chi connectivity index (χ0v) is 11.8. The normalized spacial score (nSPS) is 23.4. The van der Waals surface area contributed by atoms with Gasteiger partial charge in [0.1, 0.15) is 0 Å². The van der Waals surface area contributed by atoms with E-state index >= 15 is 0 Å². The summed E-state index contributed by atoms with van der Waals surface area (Å²) in [5, 5.41) is 15.6. The Morgan fingerprint density at radius 3 is 2.74 bits per heavy atom. The molecule has 2 N–H and O–H groups in total. The Labute approximate surface area is 115 Å². The zero-order valence-electron chi connectivity index (χ0n) is 11.0. The maximum atomic E-state index is 11.8. The van der Waals surface area contributed by atoms with Crippen molar-refractivity contribution in [1.29, 1.82) is 0 Å². The number of hydrogen-bond donors (Lipinski definition) is 2. The lowest BCUT2D eigenvalue weighted by Gasteiger charge is -2.28. The van der Waals surface area contributed by atoms with E-state index in [1.807, 2.05) is 0 Å². The van der Waals surface area contributed by atoms with Gasteiger partial charge in [-0.15, -0.1) is 5.10 Å². The van der Waals surface area contributed by atoms with Crippen LogP contribution < -0.4 is 5.69 Å². The molecule has 7 heteroatoms. The lowest BCUT2D eigenvalue weighted by atomic mass is 9.84. The second-order valence-corrected chi connectivity index (χ2v) is 5.89. The van der Waals surface area contributed by atoms with Gasteiger partial charge in [0, 0.05) is 6.04 Å². The number of rotatable bonds is 5. The number of carboxylic acid groups (broad SMARTS) is 1. The number of hydrogen-bond acceptors (Lipinski definition) is 4. The highest BCUT2D eigenvalue weighted by Crippen LogP contribution is 2.34. The van der Waals surface area contributed by atoms with E-state index in [9.17, 15) is 9.59 Å². The van der Waals surface area contributed by atoms with Crippen molar-refractivity contribution in [2.45, 2.75) is 50.2 Å². The van der Waals surface area contributed by atoms with Crippen molar-refractivity contribution in [3.8, 4) is 0 Å². The van der Waals surface area contributed by atoms with E-state index in [-0.39, 0.29) is 17.5 Å². The number of nitrogens with one attached hydrogen (secondary N) is 1. The maximum Gasteiger partial charge on any atom is 0.344 e. The topological polar surface area (TPSA) is 88.0 Å². The largest absolute Gasteiger partial charge is 0.481 e. The molecule has 0 spiro atoms.